The van der Waals surface area contributed by atoms with Crippen LogP contribution in [0.15, 0.2) is 0 Å². The van der Waals surface area contributed by atoms with Crippen LogP contribution in [0.1, 0.15) is 13.8 Å². The highest BCUT2D eigenvalue weighted by molar-refractivity contribution is 7.18. The third-order valence-corrected chi connectivity index (χ3v) is 2.78. The Balaban J connectivity index is 2.74. The Morgan fingerprint density at radius 3 is 1.92 bits per heavy atom. The van der Waals surface area contributed by atoms with Gasteiger partial charge >= 0.3 is 0 Å². The van der Waals surface area contributed by atoms with E-state index in [-0.39, 0.29) is 12.6 Å². The zero-order valence-electron chi connectivity index (χ0n) is 7.15. The zero-order chi connectivity index (χ0) is 9.57. The Kier molecular flexibility index (Phi) is 2.43. The predicted molar refractivity (Wildman–Crippen MR) is 45.2 cm³/mol. The van der Waals surface area contributed by atoms with Gasteiger partial charge in [-0.1, -0.05) is 9.24 Å². The summed E-state index contributed by atoms with van der Waals surface area (Å²) in [4.78, 5) is 1.44. The van der Waals surface area contributed by atoms with Gasteiger partial charge in [-0.3, -0.25) is 4.90 Å². The topological polar surface area (TPSA) is 3.24 Å². The molecule has 0 bridgehead atoms. The van der Waals surface area contributed by atoms with E-state index in [1.807, 2.05) is 0 Å². The van der Waals surface area contributed by atoms with Crippen molar-refractivity contribution in [2.75, 3.05) is 13.1 Å². The van der Waals surface area contributed by atoms with Gasteiger partial charge in [0.05, 0.1) is 6.54 Å². The SMILES string of the molecule is CC(C)N1CC(F)(F)C(F)(P)C1. The Labute approximate surface area is 72.5 Å². The lowest BCUT2D eigenvalue weighted by Crippen LogP contribution is -2.36. The highest BCUT2D eigenvalue weighted by atomic mass is 31.0. The average molecular weight is 199 g/mol. The maximum absolute atomic E-state index is 13.2. The normalized spacial score (nSPS) is 36.2. The maximum atomic E-state index is 13.2. The van der Waals surface area contributed by atoms with E-state index in [1.54, 1.807) is 23.1 Å². The van der Waals surface area contributed by atoms with Crippen molar-refractivity contribution < 1.29 is 13.2 Å². The molecule has 5 heteroatoms. The minimum absolute atomic E-state index is 0.0333. The van der Waals surface area contributed by atoms with Gasteiger partial charge in [-0.25, -0.2) is 13.2 Å². The first-order valence-corrected chi connectivity index (χ1v) is 4.44. The van der Waals surface area contributed by atoms with Gasteiger partial charge in [0.2, 0.25) is 0 Å². The van der Waals surface area contributed by atoms with E-state index in [2.05, 4.69) is 0 Å². The van der Waals surface area contributed by atoms with Crippen molar-refractivity contribution in [2.24, 2.45) is 0 Å². The van der Waals surface area contributed by atoms with Crippen LogP contribution in [0.4, 0.5) is 13.2 Å². The smallest absolute Gasteiger partial charge is 0.291 e. The molecule has 72 valence electrons. The van der Waals surface area contributed by atoms with Crippen LogP contribution in [-0.2, 0) is 0 Å². The molecule has 1 rings (SSSR count). The van der Waals surface area contributed by atoms with Gasteiger partial charge in [0.25, 0.3) is 5.92 Å². The molecule has 0 aliphatic carbocycles. The Morgan fingerprint density at radius 2 is 1.75 bits per heavy atom. The number of nitrogens with zero attached hydrogens (tertiary/aromatic N) is 1. The van der Waals surface area contributed by atoms with E-state index >= 15 is 0 Å². The fourth-order valence-corrected chi connectivity index (χ4v) is 1.54. The van der Waals surface area contributed by atoms with E-state index < -0.39 is 17.9 Å². The summed E-state index contributed by atoms with van der Waals surface area (Å²) in [5.41, 5.74) is 0. The van der Waals surface area contributed by atoms with E-state index in [0.717, 1.165) is 0 Å². The summed E-state index contributed by atoms with van der Waals surface area (Å²) >= 11 is 0. The Morgan fingerprint density at radius 1 is 1.25 bits per heavy atom. The van der Waals surface area contributed by atoms with Gasteiger partial charge < -0.3 is 0 Å². The average Bonchev–Trinajstić information content (AvgIpc) is 2.03. The Hall–Kier alpha value is 0.180. The van der Waals surface area contributed by atoms with Gasteiger partial charge in [-0.2, -0.15) is 0 Å². The first-order chi connectivity index (χ1) is 5.26. The fourth-order valence-electron chi connectivity index (χ4n) is 1.22. The summed E-state index contributed by atoms with van der Waals surface area (Å²) in [6.45, 7) is 2.87. The third-order valence-electron chi connectivity index (χ3n) is 2.17. The van der Waals surface area contributed by atoms with Crippen LogP contribution in [-0.4, -0.2) is 35.4 Å². The molecule has 1 saturated heterocycles. The molecular weight excluding hydrogens is 186 g/mol. The van der Waals surface area contributed by atoms with Gasteiger partial charge in [0.15, 0.2) is 5.41 Å². The summed E-state index contributed by atoms with van der Waals surface area (Å²) in [6.07, 6.45) is 0. The van der Waals surface area contributed by atoms with Crippen molar-refractivity contribution in [1.29, 1.82) is 0 Å². The minimum Gasteiger partial charge on any atom is -0.291 e. The van der Waals surface area contributed by atoms with Gasteiger partial charge in [-0.15, -0.1) is 0 Å². The quantitative estimate of drug-likeness (QED) is 0.583. The largest absolute Gasteiger partial charge is 0.298 e. The third kappa shape index (κ3) is 1.60. The van der Waals surface area contributed by atoms with Gasteiger partial charge in [0, 0.05) is 12.6 Å². The summed E-state index contributed by atoms with van der Waals surface area (Å²) in [7, 11) is 1.61. The zero-order valence-corrected chi connectivity index (χ0v) is 8.30. The number of halogens is 3. The standard InChI is InChI=1S/C7H13F3NP/c1-5(2)11-3-6(8,9)7(10,12)4-11/h5H,3-4,12H2,1-2H3. The molecular formula is C7H13F3NP. The monoisotopic (exact) mass is 199 g/mol. The van der Waals surface area contributed by atoms with Crippen molar-refractivity contribution in [3.8, 4) is 0 Å². The Bertz CT molecular complexity index is 165. The number of alkyl halides is 3. The fraction of sp³-hybridized carbons (Fsp3) is 1.00. The highest BCUT2D eigenvalue weighted by Crippen LogP contribution is 2.44. The molecule has 2 atom stereocenters. The lowest BCUT2D eigenvalue weighted by Gasteiger charge is -2.20. The predicted octanol–water partition coefficient (Wildman–Crippen LogP) is 1.89. The van der Waals surface area contributed by atoms with Crippen LogP contribution in [0.2, 0.25) is 0 Å². The molecule has 0 aromatic heterocycles. The number of hydrogen-bond donors (Lipinski definition) is 0. The van der Waals surface area contributed by atoms with Crippen LogP contribution in [0.5, 0.6) is 0 Å². The lowest BCUT2D eigenvalue weighted by molar-refractivity contribution is -0.0567. The van der Waals surface area contributed by atoms with Crippen molar-refractivity contribution in [3.63, 3.8) is 0 Å². The highest BCUT2D eigenvalue weighted by Gasteiger charge is 2.58. The molecule has 1 aliphatic rings. The molecule has 1 fully saturated rings. The molecule has 12 heavy (non-hydrogen) atoms. The second-order valence-electron chi connectivity index (χ2n) is 3.57. The maximum Gasteiger partial charge on any atom is 0.298 e. The molecule has 0 amide bonds. The molecule has 0 saturated carbocycles. The molecule has 1 aliphatic heterocycles. The number of rotatable bonds is 1. The van der Waals surface area contributed by atoms with Crippen LogP contribution in [0, 0.1) is 0 Å². The molecule has 1 heterocycles. The molecule has 0 aromatic carbocycles. The van der Waals surface area contributed by atoms with Crippen LogP contribution in [0.3, 0.4) is 0 Å². The van der Waals surface area contributed by atoms with Crippen LogP contribution >= 0.6 is 9.24 Å². The van der Waals surface area contributed by atoms with Crippen molar-refractivity contribution >= 4 is 9.24 Å². The summed E-state index contributed by atoms with van der Waals surface area (Å²) in [5.74, 6) is -3.23. The second-order valence-corrected chi connectivity index (χ2v) is 4.48. The van der Waals surface area contributed by atoms with Crippen LogP contribution < -0.4 is 0 Å². The molecule has 2 unspecified atom stereocenters. The lowest BCUT2D eigenvalue weighted by atomic mass is 10.2. The molecule has 0 N–H and O–H groups in total. The molecule has 0 spiro atoms. The molecule has 0 aromatic rings. The second kappa shape index (κ2) is 2.85. The van der Waals surface area contributed by atoms with Gasteiger partial charge in [-0.05, 0) is 13.8 Å². The minimum atomic E-state index is -3.23. The van der Waals surface area contributed by atoms with Crippen molar-refractivity contribution in [2.45, 2.75) is 31.2 Å². The number of likely N-dealkylation sites (tertiary alicyclic amines) is 1. The van der Waals surface area contributed by atoms with E-state index in [9.17, 15) is 13.2 Å². The van der Waals surface area contributed by atoms with Crippen LogP contribution in [0.25, 0.3) is 0 Å². The first kappa shape index (κ1) is 10.3. The summed E-state index contributed by atoms with van der Waals surface area (Å²) < 4.78 is 39.0. The van der Waals surface area contributed by atoms with Crippen molar-refractivity contribution in [3.05, 3.63) is 0 Å². The van der Waals surface area contributed by atoms with Gasteiger partial charge in [0.1, 0.15) is 0 Å². The molecule has 1 nitrogen and oxygen atoms in total. The summed E-state index contributed by atoms with van der Waals surface area (Å²) in [5, 5.41) is -2.45. The van der Waals surface area contributed by atoms with E-state index in [1.165, 1.54) is 4.90 Å². The van der Waals surface area contributed by atoms with E-state index in [4.69, 9.17) is 0 Å². The summed E-state index contributed by atoms with van der Waals surface area (Å²) in [6, 6.07) is -0.0333. The van der Waals surface area contributed by atoms with Crippen molar-refractivity contribution in [1.82, 2.24) is 4.90 Å². The molecule has 0 radical (unpaired) electrons. The number of hydrogen-bond acceptors (Lipinski definition) is 1. The van der Waals surface area contributed by atoms with E-state index in [0.29, 0.717) is 0 Å². The first-order valence-electron chi connectivity index (χ1n) is 3.86.